The van der Waals surface area contributed by atoms with Crippen LogP contribution in [0.4, 0.5) is 0 Å². The Balaban J connectivity index is 2.74. The summed E-state index contributed by atoms with van der Waals surface area (Å²) in [5.41, 5.74) is 0.196. The van der Waals surface area contributed by atoms with Gasteiger partial charge in [-0.25, -0.2) is 0 Å². The fourth-order valence-corrected chi connectivity index (χ4v) is 1.60. The molecular weight excluding hydrogens is 270 g/mol. The Labute approximate surface area is 124 Å². The van der Waals surface area contributed by atoms with Crippen LogP contribution in [0.3, 0.4) is 0 Å². The predicted octanol–water partition coefficient (Wildman–Crippen LogP) is -0.0726. The minimum Gasteiger partial charge on any atom is -0.384 e. The number of amides is 2. The Kier molecular flexibility index (Phi) is 5.88. The van der Waals surface area contributed by atoms with Crippen LogP contribution in [0.25, 0.3) is 0 Å². The van der Waals surface area contributed by atoms with Gasteiger partial charge in [0.15, 0.2) is 0 Å². The number of nitrogens with zero attached hydrogens (tertiary/aromatic N) is 1. The number of hydrogen-bond donors (Lipinski definition) is 3. The summed E-state index contributed by atoms with van der Waals surface area (Å²) >= 11 is 0. The average Bonchev–Trinajstić information content (AvgIpc) is 2.50. The molecule has 1 heterocycles. The highest BCUT2D eigenvalue weighted by Gasteiger charge is 2.27. The van der Waals surface area contributed by atoms with Crippen LogP contribution >= 0.6 is 0 Å². The van der Waals surface area contributed by atoms with Crippen molar-refractivity contribution in [3.05, 3.63) is 29.6 Å². The van der Waals surface area contributed by atoms with E-state index in [0.717, 1.165) is 0 Å². The highest BCUT2D eigenvalue weighted by atomic mass is 16.2. The summed E-state index contributed by atoms with van der Waals surface area (Å²) < 4.78 is 0. The van der Waals surface area contributed by atoms with E-state index < -0.39 is 5.41 Å². The molecule has 0 fully saturated rings. The monoisotopic (exact) mass is 289 g/mol. The molecule has 0 spiro atoms. The Bertz CT molecular complexity index is 585. The molecule has 6 heteroatoms. The van der Waals surface area contributed by atoms with Gasteiger partial charge < -0.3 is 15.7 Å². The number of nitrogens with one attached hydrogen (secondary N) is 2. The molecule has 1 aromatic rings. The van der Waals surface area contributed by atoms with Crippen LogP contribution in [0.15, 0.2) is 18.5 Å². The molecule has 0 aliphatic heterocycles. The van der Waals surface area contributed by atoms with E-state index in [1.54, 1.807) is 27.0 Å². The van der Waals surface area contributed by atoms with Crippen molar-refractivity contribution in [1.29, 1.82) is 0 Å². The lowest BCUT2D eigenvalue weighted by atomic mass is 9.92. The Hall–Kier alpha value is -2.39. The number of aliphatic hydroxyl groups is 1. The quantitative estimate of drug-likeness (QED) is 0.677. The van der Waals surface area contributed by atoms with Crippen molar-refractivity contribution in [3.63, 3.8) is 0 Å². The van der Waals surface area contributed by atoms with Crippen LogP contribution < -0.4 is 10.6 Å². The van der Waals surface area contributed by atoms with E-state index in [1.165, 1.54) is 12.4 Å². The second kappa shape index (κ2) is 7.41. The topological polar surface area (TPSA) is 91.3 Å². The molecule has 1 aromatic heterocycles. The summed E-state index contributed by atoms with van der Waals surface area (Å²) in [6.45, 7) is 3.44. The molecule has 1 rings (SSSR count). The predicted molar refractivity (Wildman–Crippen MR) is 78.4 cm³/mol. The summed E-state index contributed by atoms with van der Waals surface area (Å²) in [5.74, 6) is 4.70. The first-order chi connectivity index (χ1) is 9.90. The standard InChI is InChI=1S/C15H19N3O3/c1-15(2,14(21)16-3)10-18-13(20)12-7-11(5-4-6-19)8-17-9-12/h7-9,19H,6,10H2,1-3H3,(H,16,21)(H,18,20). The number of carbonyl (C=O) groups excluding carboxylic acids is 2. The molecule has 3 N–H and O–H groups in total. The molecule has 0 aliphatic rings. The third-order valence-corrected chi connectivity index (χ3v) is 2.84. The van der Waals surface area contributed by atoms with Gasteiger partial charge in [0, 0.05) is 31.5 Å². The van der Waals surface area contributed by atoms with Crippen molar-refractivity contribution < 1.29 is 14.7 Å². The molecule has 0 aliphatic carbocycles. The van der Waals surface area contributed by atoms with Gasteiger partial charge in [0.05, 0.1) is 11.0 Å². The average molecular weight is 289 g/mol. The first-order valence-electron chi connectivity index (χ1n) is 6.46. The lowest BCUT2D eigenvalue weighted by Gasteiger charge is -2.22. The van der Waals surface area contributed by atoms with E-state index in [1.807, 2.05) is 0 Å². The van der Waals surface area contributed by atoms with Gasteiger partial charge in [-0.3, -0.25) is 14.6 Å². The SMILES string of the molecule is CNC(=O)C(C)(C)CNC(=O)c1cncc(C#CCO)c1. The zero-order valence-electron chi connectivity index (χ0n) is 12.4. The Morgan fingerprint density at radius 3 is 2.71 bits per heavy atom. The highest BCUT2D eigenvalue weighted by molar-refractivity contribution is 5.94. The molecule has 0 radical (unpaired) electrons. The minimum atomic E-state index is -0.702. The maximum absolute atomic E-state index is 12.0. The number of aromatic nitrogens is 1. The van der Waals surface area contributed by atoms with Gasteiger partial charge in [-0.15, -0.1) is 0 Å². The van der Waals surface area contributed by atoms with Gasteiger partial charge in [0.1, 0.15) is 6.61 Å². The number of carbonyl (C=O) groups is 2. The molecule has 0 saturated carbocycles. The van der Waals surface area contributed by atoms with Crippen LogP contribution in [0.5, 0.6) is 0 Å². The van der Waals surface area contributed by atoms with Gasteiger partial charge >= 0.3 is 0 Å². The van der Waals surface area contributed by atoms with Crippen LogP contribution in [-0.4, -0.2) is 42.1 Å². The first kappa shape index (κ1) is 16.7. The summed E-state index contributed by atoms with van der Waals surface area (Å²) in [6, 6.07) is 1.58. The second-order valence-electron chi connectivity index (χ2n) is 5.07. The van der Waals surface area contributed by atoms with E-state index in [2.05, 4.69) is 27.5 Å². The molecule has 0 saturated heterocycles. The maximum atomic E-state index is 12.0. The smallest absolute Gasteiger partial charge is 0.252 e. The summed E-state index contributed by atoms with van der Waals surface area (Å²) in [6.07, 6.45) is 2.93. The summed E-state index contributed by atoms with van der Waals surface area (Å²) in [7, 11) is 1.55. The summed E-state index contributed by atoms with van der Waals surface area (Å²) in [5, 5.41) is 13.9. The zero-order chi connectivity index (χ0) is 15.9. The molecule has 0 unspecified atom stereocenters. The van der Waals surface area contributed by atoms with Crippen LogP contribution in [0, 0.1) is 17.3 Å². The van der Waals surface area contributed by atoms with E-state index in [9.17, 15) is 9.59 Å². The van der Waals surface area contributed by atoms with Gasteiger partial charge in [0.25, 0.3) is 5.91 Å². The van der Waals surface area contributed by atoms with Gasteiger partial charge in [-0.2, -0.15) is 0 Å². The number of rotatable bonds is 4. The van der Waals surface area contributed by atoms with Crippen molar-refractivity contribution in [1.82, 2.24) is 15.6 Å². The van der Waals surface area contributed by atoms with Crippen LogP contribution in [-0.2, 0) is 4.79 Å². The lowest BCUT2D eigenvalue weighted by molar-refractivity contribution is -0.128. The van der Waals surface area contributed by atoms with Crippen molar-refractivity contribution in [2.45, 2.75) is 13.8 Å². The molecule has 0 bridgehead atoms. The van der Waals surface area contributed by atoms with Crippen molar-refractivity contribution >= 4 is 11.8 Å². The largest absolute Gasteiger partial charge is 0.384 e. The zero-order valence-corrected chi connectivity index (χ0v) is 12.4. The molecule has 21 heavy (non-hydrogen) atoms. The van der Waals surface area contributed by atoms with Crippen molar-refractivity contribution in [3.8, 4) is 11.8 Å². The molecule has 112 valence electrons. The van der Waals surface area contributed by atoms with E-state index in [0.29, 0.717) is 11.1 Å². The van der Waals surface area contributed by atoms with Crippen molar-refractivity contribution in [2.24, 2.45) is 5.41 Å². The van der Waals surface area contributed by atoms with Crippen LogP contribution in [0.2, 0.25) is 0 Å². The minimum absolute atomic E-state index is 0.150. The van der Waals surface area contributed by atoms with Gasteiger partial charge in [0.2, 0.25) is 5.91 Å². The van der Waals surface area contributed by atoms with Crippen LogP contribution in [0.1, 0.15) is 29.8 Å². The number of pyridine rings is 1. The first-order valence-corrected chi connectivity index (χ1v) is 6.46. The normalized spacial score (nSPS) is 10.3. The highest BCUT2D eigenvalue weighted by Crippen LogP contribution is 2.13. The fraction of sp³-hybridized carbons (Fsp3) is 0.400. The number of hydrogen-bond acceptors (Lipinski definition) is 4. The molecule has 0 atom stereocenters. The third kappa shape index (κ3) is 4.89. The van der Waals surface area contributed by atoms with E-state index in [4.69, 9.17) is 5.11 Å². The third-order valence-electron chi connectivity index (χ3n) is 2.84. The summed E-state index contributed by atoms with van der Waals surface area (Å²) in [4.78, 5) is 27.6. The van der Waals surface area contributed by atoms with Gasteiger partial charge in [-0.1, -0.05) is 11.8 Å². The Morgan fingerprint density at radius 1 is 1.38 bits per heavy atom. The lowest BCUT2D eigenvalue weighted by Crippen LogP contribution is -2.43. The Morgan fingerprint density at radius 2 is 2.10 bits per heavy atom. The van der Waals surface area contributed by atoms with Crippen molar-refractivity contribution in [2.75, 3.05) is 20.2 Å². The van der Waals surface area contributed by atoms with Gasteiger partial charge in [-0.05, 0) is 19.9 Å². The molecular formula is C15H19N3O3. The number of aliphatic hydroxyl groups excluding tert-OH is 1. The van der Waals surface area contributed by atoms with E-state index in [-0.39, 0.29) is 25.0 Å². The van der Waals surface area contributed by atoms with E-state index >= 15 is 0 Å². The fourth-order valence-electron chi connectivity index (χ4n) is 1.60. The second-order valence-corrected chi connectivity index (χ2v) is 5.07. The molecule has 2 amide bonds. The molecule has 6 nitrogen and oxygen atoms in total. The molecule has 0 aromatic carbocycles. The maximum Gasteiger partial charge on any atom is 0.252 e.